The van der Waals surface area contributed by atoms with Crippen LogP contribution in [-0.2, 0) is 0 Å². The lowest BCUT2D eigenvalue weighted by atomic mass is 9.63. The molecule has 0 radical (unpaired) electrons. The van der Waals surface area contributed by atoms with Crippen molar-refractivity contribution in [1.82, 2.24) is 9.80 Å². The molecule has 0 aromatic heterocycles. The van der Waals surface area contributed by atoms with Gasteiger partial charge in [-0.05, 0) is 43.6 Å². The maximum Gasteiger partial charge on any atom is 0.0340 e. The van der Waals surface area contributed by atoms with Crippen LogP contribution in [0.5, 0.6) is 0 Å². The Morgan fingerprint density at radius 2 is 1.75 bits per heavy atom. The molecule has 20 heavy (non-hydrogen) atoms. The second kappa shape index (κ2) is 6.33. The zero-order valence-corrected chi connectivity index (χ0v) is 14.1. The molecule has 2 unspecified atom stereocenters. The third-order valence-corrected chi connectivity index (χ3v) is 5.40. The first-order valence-corrected chi connectivity index (χ1v) is 8.58. The molecular formula is C17H35N3. The van der Waals surface area contributed by atoms with Gasteiger partial charge in [0.2, 0.25) is 0 Å². The zero-order valence-electron chi connectivity index (χ0n) is 14.1. The SMILES string of the molecule is CCCN1CCN(C2(CN)CC(C)CC(C)(C)C2)CC1. The van der Waals surface area contributed by atoms with E-state index in [1.807, 2.05) is 0 Å². The lowest BCUT2D eigenvalue weighted by Crippen LogP contribution is -2.63. The molecular weight excluding hydrogens is 246 g/mol. The summed E-state index contributed by atoms with van der Waals surface area (Å²) >= 11 is 0. The minimum atomic E-state index is 0.263. The van der Waals surface area contributed by atoms with E-state index in [0.29, 0.717) is 5.41 Å². The van der Waals surface area contributed by atoms with Gasteiger partial charge in [-0.15, -0.1) is 0 Å². The highest BCUT2D eigenvalue weighted by Gasteiger charge is 2.46. The topological polar surface area (TPSA) is 32.5 Å². The fourth-order valence-corrected chi connectivity index (χ4v) is 4.99. The third kappa shape index (κ3) is 3.55. The van der Waals surface area contributed by atoms with Crippen LogP contribution >= 0.6 is 0 Å². The van der Waals surface area contributed by atoms with Gasteiger partial charge in [0.25, 0.3) is 0 Å². The van der Waals surface area contributed by atoms with Crippen LogP contribution in [0, 0.1) is 11.3 Å². The number of hydrogen-bond acceptors (Lipinski definition) is 3. The Hall–Kier alpha value is -0.120. The predicted octanol–water partition coefficient (Wildman–Crippen LogP) is 2.56. The van der Waals surface area contributed by atoms with E-state index in [1.54, 1.807) is 0 Å². The van der Waals surface area contributed by atoms with Crippen LogP contribution in [0.2, 0.25) is 0 Å². The van der Waals surface area contributed by atoms with Crippen molar-refractivity contribution in [3.8, 4) is 0 Å². The summed E-state index contributed by atoms with van der Waals surface area (Å²) in [6, 6.07) is 0. The van der Waals surface area contributed by atoms with Crippen molar-refractivity contribution in [2.45, 2.75) is 58.9 Å². The standard InChI is InChI=1S/C17H35N3/c1-5-6-19-7-9-20(10-8-19)17(14-18)12-15(2)11-16(3,4)13-17/h15H,5-14,18H2,1-4H3. The quantitative estimate of drug-likeness (QED) is 0.859. The van der Waals surface area contributed by atoms with Crippen LogP contribution < -0.4 is 5.73 Å². The summed E-state index contributed by atoms with van der Waals surface area (Å²) in [4.78, 5) is 5.34. The van der Waals surface area contributed by atoms with E-state index in [4.69, 9.17) is 5.73 Å². The summed E-state index contributed by atoms with van der Waals surface area (Å²) in [7, 11) is 0. The Bertz CT molecular complexity index is 307. The van der Waals surface area contributed by atoms with Crippen LogP contribution in [0.4, 0.5) is 0 Å². The van der Waals surface area contributed by atoms with Crippen molar-refractivity contribution >= 4 is 0 Å². The van der Waals surface area contributed by atoms with Crippen LogP contribution in [0.15, 0.2) is 0 Å². The molecule has 0 amide bonds. The van der Waals surface area contributed by atoms with Gasteiger partial charge in [-0.3, -0.25) is 4.90 Å². The lowest BCUT2D eigenvalue weighted by Gasteiger charge is -2.55. The van der Waals surface area contributed by atoms with Gasteiger partial charge in [-0.25, -0.2) is 0 Å². The molecule has 3 heteroatoms. The molecule has 1 saturated carbocycles. The van der Waals surface area contributed by atoms with Crippen molar-refractivity contribution in [2.24, 2.45) is 17.1 Å². The van der Waals surface area contributed by atoms with Crippen molar-refractivity contribution in [1.29, 1.82) is 0 Å². The number of nitrogens with zero attached hydrogens (tertiary/aromatic N) is 2. The first kappa shape index (κ1) is 16.3. The highest BCUT2D eigenvalue weighted by molar-refractivity contribution is 5.02. The lowest BCUT2D eigenvalue weighted by molar-refractivity contribution is -0.0353. The van der Waals surface area contributed by atoms with E-state index in [2.05, 4.69) is 37.5 Å². The molecule has 118 valence electrons. The van der Waals surface area contributed by atoms with E-state index in [1.165, 1.54) is 58.4 Å². The Kier molecular flexibility index (Phi) is 5.14. The Balaban J connectivity index is 2.04. The highest BCUT2D eigenvalue weighted by atomic mass is 15.3. The molecule has 0 aromatic rings. The molecule has 2 atom stereocenters. The summed E-state index contributed by atoms with van der Waals surface area (Å²) in [5.74, 6) is 0.802. The van der Waals surface area contributed by atoms with Crippen LogP contribution in [0.3, 0.4) is 0 Å². The third-order valence-electron chi connectivity index (χ3n) is 5.40. The summed E-state index contributed by atoms with van der Waals surface area (Å²) in [5.41, 5.74) is 7.00. The van der Waals surface area contributed by atoms with Crippen molar-refractivity contribution in [2.75, 3.05) is 39.3 Å². The average Bonchev–Trinajstić information content (AvgIpc) is 2.37. The van der Waals surface area contributed by atoms with Gasteiger partial charge in [-0.2, -0.15) is 0 Å². The molecule has 0 bridgehead atoms. The van der Waals surface area contributed by atoms with Crippen LogP contribution in [0.1, 0.15) is 53.4 Å². The monoisotopic (exact) mass is 281 g/mol. The van der Waals surface area contributed by atoms with Gasteiger partial charge in [0.15, 0.2) is 0 Å². The number of nitrogens with two attached hydrogens (primary N) is 1. The number of piperazine rings is 1. The van der Waals surface area contributed by atoms with E-state index in [9.17, 15) is 0 Å². The molecule has 2 N–H and O–H groups in total. The fraction of sp³-hybridized carbons (Fsp3) is 1.00. The summed E-state index contributed by atoms with van der Waals surface area (Å²) < 4.78 is 0. The highest BCUT2D eigenvalue weighted by Crippen LogP contribution is 2.46. The van der Waals surface area contributed by atoms with Crippen molar-refractivity contribution in [3.63, 3.8) is 0 Å². The summed E-state index contributed by atoms with van der Waals surface area (Å²) in [6.07, 6.45) is 5.19. The van der Waals surface area contributed by atoms with Crippen molar-refractivity contribution < 1.29 is 0 Å². The number of rotatable bonds is 4. The molecule has 1 aliphatic heterocycles. The van der Waals surface area contributed by atoms with Gasteiger partial charge in [-0.1, -0.05) is 27.7 Å². The minimum Gasteiger partial charge on any atom is -0.329 e. The summed E-state index contributed by atoms with van der Waals surface area (Å²) in [6.45, 7) is 16.5. The molecule has 2 aliphatic rings. The van der Waals surface area contributed by atoms with Gasteiger partial charge in [0.1, 0.15) is 0 Å². The molecule has 1 aliphatic carbocycles. The maximum absolute atomic E-state index is 6.29. The first-order chi connectivity index (χ1) is 9.41. The average molecular weight is 281 g/mol. The maximum atomic E-state index is 6.29. The minimum absolute atomic E-state index is 0.263. The van der Waals surface area contributed by atoms with Gasteiger partial charge in [0, 0.05) is 38.3 Å². The molecule has 2 rings (SSSR count). The summed E-state index contributed by atoms with van der Waals surface area (Å²) in [5, 5.41) is 0. The fourth-order valence-electron chi connectivity index (χ4n) is 4.99. The van der Waals surface area contributed by atoms with E-state index in [0.717, 1.165) is 12.5 Å². The molecule has 1 saturated heterocycles. The zero-order chi connectivity index (χ0) is 14.8. The molecule has 1 heterocycles. The second-order valence-corrected chi connectivity index (χ2v) is 8.11. The first-order valence-electron chi connectivity index (χ1n) is 8.58. The van der Waals surface area contributed by atoms with E-state index < -0.39 is 0 Å². The number of hydrogen-bond donors (Lipinski definition) is 1. The van der Waals surface area contributed by atoms with E-state index >= 15 is 0 Å². The predicted molar refractivity (Wildman–Crippen MR) is 86.9 cm³/mol. The Morgan fingerprint density at radius 3 is 2.25 bits per heavy atom. The molecule has 0 aromatic carbocycles. The van der Waals surface area contributed by atoms with Gasteiger partial charge < -0.3 is 10.6 Å². The van der Waals surface area contributed by atoms with Crippen molar-refractivity contribution in [3.05, 3.63) is 0 Å². The largest absolute Gasteiger partial charge is 0.329 e. The van der Waals surface area contributed by atoms with Crippen LogP contribution in [0.25, 0.3) is 0 Å². The van der Waals surface area contributed by atoms with Gasteiger partial charge in [0.05, 0.1) is 0 Å². The molecule has 2 fully saturated rings. The normalized spacial score (nSPS) is 36.1. The van der Waals surface area contributed by atoms with E-state index in [-0.39, 0.29) is 5.54 Å². The Labute approximate surface area is 125 Å². The van der Waals surface area contributed by atoms with Gasteiger partial charge >= 0.3 is 0 Å². The smallest absolute Gasteiger partial charge is 0.0340 e. The molecule has 3 nitrogen and oxygen atoms in total. The second-order valence-electron chi connectivity index (χ2n) is 8.11. The Morgan fingerprint density at radius 1 is 1.10 bits per heavy atom. The van der Waals surface area contributed by atoms with Crippen LogP contribution in [-0.4, -0.2) is 54.6 Å². The molecule has 0 spiro atoms.